The minimum absolute atomic E-state index is 0. The number of nitrogens with one attached hydrogen (secondary N) is 2. The molecule has 0 amide bonds. The molecule has 5 nitrogen and oxygen atoms in total. The van der Waals surface area contributed by atoms with Crippen molar-refractivity contribution in [1.82, 2.24) is 15.6 Å². The third-order valence-corrected chi connectivity index (χ3v) is 3.95. The second-order valence-corrected chi connectivity index (χ2v) is 5.93. The molecule has 0 fully saturated rings. The van der Waals surface area contributed by atoms with Crippen molar-refractivity contribution in [2.45, 2.75) is 13.1 Å². The van der Waals surface area contributed by atoms with Crippen molar-refractivity contribution in [3.05, 3.63) is 89.8 Å². The van der Waals surface area contributed by atoms with Crippen LogP contribution in [0.3, 0.4) is 0 Å². The van der Waals surface area contributed by atoms with E-state index in [2.05, 4.69) is 20.6 Å². The van der Waals surface area contributed by atoms with E-state index in [-0.39, 0.29) is 35.5 Å². The molecule has 0 aliphatic carbocycles. The second-order valence-electron chi connectivity index (χ2n) is 5.93. The van der Waals surface area contributed by atoms with Gasteiger partial charge in [0.15, 0.2) is 17.5 Å². The third kappa shape index (κ3) is 6.67. The lowest BCUT2D eigenvalue weighted by atomic mass is 10.2. The van der Waals surface area contributed by atoms with Crippen LogP contribution in [0.15, 0.2) is 72.0 Å². The number of aromatic nitrogens is 1. The smallest absolute Gasteiger partial charge is 0.191 e. The predicted molar refractivity (Wildman–Crippen MR) is 120 cm³/mol. The Morgan fingerprint density at radius 2 is 1.79 bits per heavy atom. The van der Waals surface area contributed by atoms with Crippen LogP contribution in [-0.2, 0) is 13.1 Å². The Balaban J connectivity index is 0.00000300. The molecule has 0 unspecified atom stereocenters. The van der Waals surface area contributed by atoms with E-state index in [1.54, 1.807) is 55.7 Å². The molecule has 0 aliphatic rings. The monoisotopic (exact) mass is 510 g/mol. The highest BCUT2D eigenvalue weighted by atomic mass is 127. The maximum absolute atomic E-state index is 14.3. The predicted octanol–water partition coefficient (Wildman–Crippen LogP) is 4.64. The summed E-state index contributed by atoms with van der Waals surface area (Å²) in [5.41, 5.74) is 1.25. The Labute approximate surface area is 185 Å². The van der Waals surface area contributed by atoms with Gasteiger partial charge in [-0.1, -0.05) is 24.3 Å². The highest BCUT2D eigenvalue weighted by molar-refractivity contribution is 14.0. The molecule has 3 aromatic rings. The lowest BCUT2D eigenvalue weighted by Crippen LogP contribution is -2.36. The molecule has 0 aliphatic heterocycles. The van der Waals surface area contributed by atoms with Gasteiger partial charge in [-0.3, -0.25) is 9.98 Å². The normalized spacial score (nSPS) is 10.8. The zero-order valence-electron chi connectivity index (χ0n) is 15.7. The van der Waals surface area contributed by atoms with Crippen LogP contribution in [0.1, 0.15) is 11.1 Å². The average molecular weight is 510 g/mol. The highest BCUT2D eigenvalue weighted by Gasteiger charge is 2.07. The number of aliphatic imine (C=N–C) groups is 1. The van der Waals surface area contributed by atoms with Gasteiger partial charge in [-0.2, -0.15) is 0 Å². The molecule has 152 valence electrons. The first-order chi connectivity index (χ1) is 13.7. The number of nitrogens with zero attached hydrogens (tertiary/aromatic N) is 2. The number of ether oxygens (including phenoxy) is 1. The number of hydrogen-bond donors (Lipinski definition) is 2. The van der Waals surface area contributed by atoms with Gasteiger partial charge in [-0.05, 0) is 35.9 Å². The van der Waals surface area contributed by atoms with Crippen LogP contribution >= 0.6 is 24.0 Å². The summed E-state index contributed by atoms with van der Waals surface area (Å²) >= 11 is 0. The summed E-state index contributed by atoms with van der Waals surface area (Å²) in [6.45, 7) is 0.639. The molecule has 0 saturated heterocycles. The fraction of sp³-hybridized carbons (Fsp3) is 0.143. The fourth-order valence-electron chi connectivity index (χ4n) is 2.50. The van der Waals surface area contributed by atoms with E-state index >= 15 is 0 Å². The van der Waals surface area contributed by atoms with E-state index in [9.17, 15) is 8.78 Å². The third-order valence-electron chi connectivity index (χ3n) is 3.95. The van der Waals surface area contributed by atoms with E-state index in [0.717, 1.165) is 0 Å². The Morgan fingerprint density at radius 1 is 1.00 bits per heavy atom. The summed E-state index contributed by atoms with van der Waals surface area (Å²) in [4.78, 5) is 8.02. The number of pyridine rings is 1. The summed E-state index contributed by atoms with van der Waals surface area (Å²) in [5.74, 6) is 0.317. The van der Waals surface area contributed by atoms with Crippen molar-refractivity contribution in [2.24, 2.45) is 4.99 Å². The number of rotatable bonds is 6. The number of halogens is 3. The first kappa shape index (κ1) is 22.5. The molecular formula is C21H21F2IN4O. The van der Waals surface area contributed by atoms with Gasteiger partial charge in [-0.15, -0.1) is 24.0 Å². The van der Waals surface area contributed by atoms with Gasteiger partial charge in [0, 0.05) is 31.9 Å². The lowest BCUT2D eigenvalue weighted by molar-refractivity contribution is 0.440. The minimum atomic E-state index is -0.475. The molecule has 0 atom stereocenters. The molecule has 29 heavy (non-hydrogen) atoms. The van der Waals surface area contributed by atoms with E-state index in [0.29, 0.717) is 35.9 Å². The van der Waals surface area contributed by atoms with Crippen molar-refractivity contribution < 1.29 is 13.5 Å². The van der Waals surface area contributed by atoms with Crippen molar-refractivity contribution in [2.75, 3.05) is 7.05 Å². The van der Waals surface area contributed by atoms with E-state index in [1.807, 2.05) is 0 Å². The fourth-order valence-corrected chi connectivity index (χ4v) is 2.50. The molecule has 0 radical (unpaired) electrons. The van der Waals surface area contributed by atoms with Gasteiger partial charge in [-0.25, -0.2) is 8.78 Å². The quantitative estimate of drug-likeness (QED) is 0.289. The number of guanidine groups is 1. The Hall–Kier alpha value is -2.75. The maximum Gasteiger partial charge on any atom is 0.191 e. The van der Waals surface area contributed by atoms with Gasteiger partial charge in [0.1, 0.15) is 11.6 Å². The van der Waals surface area contributed by atoms with Crippen LogP contribution < -0.4 is 15.4 Å². The van der Waals surface area contributed by atoms with E-state index in [1.165, 1.54) is 18.3 Å². The van der Waals surface area contributed by atoms with Crippen molar-refractivity contribution >= 4 is 29.9 Å². The summed E-state index contributed by atoms with van der Waals surface area (Å²) < 4.78 is 33.5. The number of benzene rings is 2. The van der Waals surface area contributed by atoms with Crippen LogP contribution in [0, 0.1) is 11.6 Å². The van der Waals surface area contributed by atoms with Crippen molar-refractivity contribution in [3.63, 3.8) is 0 Å². The number of hydrogen-bond acceptors (Lipinski definition) is 3. The van der Waals surface area contributed by atoms with Crippen LogP contribution in [0.2, 0.25) is 0 Å². The van der Waals surface area contributed by atoms with E-state index in [4.69, 9.17) is 4.74 Å². The van der Waals surface area contributed by atoms with Crippen molar-refractivity contribution in [1.29, 1.82) is 0 Å². The molecule has 0 bridgehead atoms. The molecule has 2 aromatic carbocycles. The average Bonchev–Trinajstić information content (AvgIpc) is 2.72. The first-order valence-corrected chi connectivity index (χ1v) is 8.70. The molecule has 0 spiro atoms. The van der Waals surface area contributed by atoms with Crippen molar-refractivity contribution in [3.8, 4) is 11.5 Å². The van der Waals surface area contributed by atoms with Gasteiger partial charge in [0.25, 0.3) is 0 Å². The van der Waals surface area contributed by atoms with Crippen LogP contribution in [0.25, 0.3) is 0 Å². The molecule has 1 heterocycles. The summed E-state index contributed by atoms with van der Waals surface area (Å²) in [6, 6.07) is 14.6. The molecule has 8 heteroatoms. The maximum atomic E-state index is 14.3. The summed E-state index contributed by atoms with van der Waals surface area (Å²) in [7, 11) is 1.61. The first-order valence-electron chi connectivity index (χ1n) is 8.70. The molecule has 0 saturated carbocycles. The van der Waals surface area contributed by atoms with Gasteiger partial charge in [0.05, 0.1) is 6.20 Å². The second kappa shape index (κ2) is 11.3. The van der Waals surface area contributed by atoms with Gasteiger partial charge < -0.3 is 15.4 Å². The SMILES string of the molecule is CN=C(NCc1ccc(Oc2cccnc2)c(F)c1)NCc1ccccc1F.I. The Kier molecular flexibility index (Phi) is 8.78. The Bertz CT molecular complexity index is 954. The van der Waals surface area contributed by atoms with Gasteiger partial charge >= 0.3 is 0 Å². The molecule has 2 N–H and O–H groups in total. The zero-order valence-corrected chi connectivity index (χ0v) is 18.1. The lowest BCUT2D eigenvalue weighted by Gasteiger charge is -2.13. The minimum Gasteiger partial charge on any atom is -0.453 e. The summed E-state index contributed by atoms with van der Waals surface area (Å²) in [5, 5.41) is 6.10. The topological polar surface area (TPSA) is 58.5 Å². The molecule has 1 aromatic heterocycles. The van der Waals surface area contributed by atoms with Crippen LogP contribution in [0.4, 0.5) is 8.78 Å². The van der Waals surface area contributed by atoms with Crippen LogP contribution in [-0.4, -0.2) is 18.0 Å². The highest BCUT2D eigenvalue weighted by Crippen LogP contribution is 2.24. The molecular weight excluding hydrogens is 489 g/mol. The standard InChI is InChI=1S/C21H20F2N4O.HI/c1-24-21(27-13-16-5-2-3-7-18(16)22)26-12-15-8-9-20(19(23)11-15)28-17-6-4-10-25-14-17;/h2-11,14H,12-13H2,1H3,(H2,24,26,27);1H. The molecule has 3 rings (SSSR count). The van der Waals surface area contributed by atoms with Crippen LogP contribution in [0.5, 0.6) is 11.5 Å². The largest absolute Gasteiger partial charge is 0.453 e. The Morgan fingerprint density at radius 3 is 2.48 bits per heavy atom. The van der Waals surface area contributed by atoms with E-state index < -0.39 is 5.82 Å². The zero-order chi connectivity index (χ0) is 19.8. The summed E-state index contributed by atoms with van der Waals surface area (Å²) in [6.07, 6.45) is 3.13. The van der Waals surface area contributed by atoms with Gasteiger partial charge in [0.2, 0.25) is 0 Å².